The van der Waals surface area contributed by atoms with Gasteiger partial charge in [-0.1, -0.05) is 36.4 Å². The van der Waals surface area contributed by atoms with Gasteiger partial charge in [-0.25, -0.2) is 5.43 Å². The molecule has 0 heterocycles. The minimum absolute atomic E-state index is 0.0394. The van der Waals surface area contributed by atoms with E-state index in [1.165, 1.54) is 18.2 Å². The van der Waals surface area contributed by atoms with Gasteiger partial charge in [0.2, 0.25) is 0 Å². The molecular formula is C16H14F3N3O. The number of anilines is 1. The number of benzene rings is 2. The zero-order valence-electron chi connectivity index (χ0n) is 12.0. The summed E-state index contributed by atoms with van der Waals surface area (Å²) in [4.78, 5) is 11.6. The monoisotopic (exact) mass is 321 g/mol. The molecule has 2 aromatic rings. The number of nitrogens with one attached hydrogen (secondary N) is 2. The highest BCUT2D eigenvalue weighted by Gasteiger charge is 2.32. The predicted octanol–water partition coefficient (Wildman–Crippen LogP) is 3.27. The molecule has 0 bridgehead atoms. The smallest absolute Gasteiger partial charge is 0.376 e. The van der Waals surface area contributed by atoms with Crippen molar-refractivity contribution in [2.45, 2.75) is 6.18 Å². The third-order valence-corrected chi connectivity index (χ3v) is 2.89. The van der Waals surface area contributed by atoms with Crippen molar-refractivity contribution >= 4 is 17.8 Å². The maximum Gasteiger partial charge on any atom is 0.417 e. The van der Waals surface area contributed by atoms with Crippen molar-refractivity contribution < 1.29 is 18.0 Å². The van der Waals surface area contributed by atoms with E-state index in [1.807, 2.05) is 18.2 Å². The van der Waals surface area contributed by atoms with Crippen LogP contribution < -0.4 is 10.7 Å². The molecule has 1 amide bonds. The SMILES string of the molecule is O=C(CNc1ccccc1)N/N=C/c1ccccc1C(F)(F)F. The Balaban J connectivity index is 1.91. The molecule has 0 spiro atoms. The Labute approximate surface area is 131 Å². The largest absolute Gasteiger partial charge is 0.417 e. The van der Waals surface area contributed by atoms with Crippen molar-refractivity contribution in [3.8, 4) is 0 Å². The number of carbonyl (C=O) groups excluding carboxylic acids is 1. The molecule has 23 heavy (non-hydrogen) atoms. The molecule has 2 N–H and O–H groups in total. The van der Waals surface area contributed by atoms with E-state index < -0.39 is 17.6 Å². The first-order valence-electron chi connectivity index (χ1n) is 6.74. The van der Waals surface area contributed by atoms with Gasteiger partial charge in [-0.05, 0) is 18.2 Å². The van der Waals surface area contributed by atoms with Gasteiger partial charge >= 0.3 is 6.18 Å². The van der Waals surface area contributed by atoms with Crippen LogP contribution in [0, 0.1) is 0 Å². The summed E-state index contributed by atoms with van der Waals surface area (Å²) < 4.78 is 38.4. The number of nitrogens with zero attached hydrogens (tertiary/aromatic N) is 1. The number of amides is 1. The fourth-order valence-electron chi connectivity index (χ4n) is 1.82. The summed E-state index contributed by atoms with van der Waals surface area (Å²) in [6, 6.07) is 14.0. The summed E-state index contributed by atoms with van der Waals surface area (Å²) in [5.74, 6) is -0.463. The lowest BCUT2D eigenvalue weighted by molar-refractivity contribution is -0.137. The number of hydrazone groups is 1. The summed E-state index contributed by atoms with van der Waals surface area (Å²) in [5.41, 5.74) is 2.02. The Morgan fingerprint density at radius 1 is 1.04 bits per heavy atom. The van der Waals surface area contributed by atoms with Crippen LogP contribution in [0.5, 0.6) is 0 Å². The van der Waals surface area contributed by atoms with E-state index in [-0.39, 0.29) is 12.1 Å². The van der Waals surface area contributed by atoms with Crippen LogP contribution in [0.2, 0.25) is 0 Å². The van der Waals surface area contributed by atoms with Crippen molar-refractivity contribution in [3.63, 3.8) is 0 Å². The van der Waals surface area contributed by atoms with Crippen LogP contribution >= 0.6 is 0 Å². The molecule has 0 aliphatic rings. The topological polar surface area (TPSA) is 53.5 Å². The molecule has 0 fully saturated rings. The van der Waals surface area contributed by atoms with Crippen LogP contribution in [0.25, 0.3) is 0 Å². The normalized spacial score (nSPS) is 11.4. The molecule has 0 radical (unpaired) electrons. The van der Waals surface area contributed by atoms with Crippen LogP contribution in [-0.4, -0.2) is 18.7 Å². The molecule has 0 saturated heterocycles. The van der Waals surface area contributed by atoms with E-state index in [0.717, 1.165) is 18.0 Å². The molecular weight excluding hydrogens is 307 g/mol. The van der Waals surface area contributed by atoms with Crippen LogP contribution in [0.4, 0.5) is 18.9 Å². The Morgan fingerprint density at radius 3 is 2.39 bits per heavy atom. The maximum atomic E-state index is 12.8. The lowest BCUT2D eigenvalue weighted by atomic mass is 10.1. The van der Waals surface area contributed by atoms with E-state index >= 15 is 0 Å². The van der Waals surface area contributed by atoms with Crippen LogP contribution in [0.15, 0.2) is 59.7 Å². The van der Waals surface area contributed by atoms with Crippen molar-refractivity contribution in [2.24, 2.45) is 5.10 Å². The second-order valence-electron chi connectivity index (χ2n) is 4.60. The maximum absolute atomic E-state index is 12.8. The Hall–Kier alpha value is -2.83. The molecule has 0 aliphatic carbocycles. The van der Waals surface area contributed by atoms with E-state index in [9.17, 15) is 18.0 Å². The molecule has 2 rings (SSSR count). The van der Waals surface area contributed by atoms with E-state index in [4.69, 9.17) is 0 Å². The first-order chi connectivity index (χ1) is 11.0. The molecule has 0 aromatic heterocycles. The molecule has 2 aromatic carbocycles. The molecule has 0 unspecified atom stereocenters. The van der Waals surface area contributed by atoms with Crippen molar-refractivity contribution in [1.82, 2.24) is 5.43 Å². The van der Waals surface area contributed by atoms with E-state index in [2.05, 4.69) is 15.8 Å². The van der Waals surface area contributed by atoms with Crippen molar-refractivity contribution in [2.75, 3.05) is 11.9 Å². The van der Waals surface area contributed by atoms with Gasteiger partial charge in [0.25, 0.3) is 5.91 Å². The summed E-state index contributed by atoms with van der Waals surface area (Å²) in [7, 11) is 0. The molecule has 120 valence electrons. The second kappa shape index (κ2) is 7.44. The van der Waals surface area contributed by atoms with Gasteiger partial charge in [-0.15, -0.1) is 0 Å². The van der Waals surface area contributed by atoms with Gasteiger partial charge < -0.3 is 5.32 Å². The average Bonchev–Trinajstić information content (AvgIpc) is 2.53. The number of alkyl halides is 3. The number of para-hydroxylation sites is 1. The van der Waals surface area contributed by atoms with Gasteiger partial charge in [0, 0.05) is 11.3 Å². The first-order valence-corrected chi connectivity index (χ1v) is 6.74. The quantitative estimate of drug-likeness (QED) is 0.656. The van der Waals surface area contributed by atoms with Gasteiger partial charge in [-0.3, -0.25) is 4.79 Å². The summed E-state index contributed by atoms with van der Waals surface area (Å²) >= 11 is 0. The number of halogens is 3. The highest BCUT2D eigenvalue weighted by atomic mass is 19.4. The zero-order valence-corrected chi connectivity index (χ0v) is 12.0. The van der Waals surface area contributed by atoms with Crippen LogP contribution in [0.3, 0.4) is 0 Å². The summed E-state index contributed by atoms with van der Waals surface area (Å²) in [6.07, 6.45) is -3.50. The average molecular weight is 321 g/mol. The Kier molecular flexibility index (Phi) is 5.35. The van der Waals surface area contributed by atoms with Crippen LogP contribution in [-0.2, 0) is 11.0 Å². The van der Waals surface area contributed by atoms with Gasteiger partial charge in [-0.2, -0.15) is 18.3 Å². The Morgan fingerprint density at radius 2 is 1.70 bits per heavy atom. The minimum atomic E-state index is -4.47. The van der Waals surface area contributed by atoms with E-state index in [1.54, 1.807) is 12.1 Å². The third-order valence-electron chi connectivity index (χ3n) is 2.89. The number of hydrogen-bond acceptors (Lipinski definition) is 3. The highest BCUT2D eigenvalue weighted by molar-refractivity contribution is 5.85. The van der Waals surface area contributed by atoms with Crippen LogP contribution in [0.1, 0.15) is 11.1 Å². The Bertz CT molecular complexity index is 684. The second-order valence-corrected chi connectivity index (χ2v) is 4.60. The van der Waals surface area contributed by atoms with Gasteiger partial charge in [0.05, 0.1) is 18.3 Å². The van der Waals surface area contributed by atoms with Gasteiger partial charge in [0.1, 0.15) is 0 Å². The minimum Gasteiger partial charge on any atom is -0.376 e. The molecule has 7 heteroatoms. The fraction of sp³-hybridized carbons (Fsp3) is 0.125. The number of carbonyl (C=O) groups is 1. The molecule has 0 aliphatic heterocycles. The standard InChI is InChI=1S/C16H14F3N3O/c17-16(18,19)14-9-5-4-6-12(14)10-21-22-15(23)11-20-13-7-2-1-3-8-13/h1-10,20H,11H2,(H,22,23)/b21-10+. The first kappa shape index (κ1) is 16.5. The summed E-state index contributed by atoms with van der Waals surface area (Å²) in [5, 5.41) is 6.43. The fourth-order valence-corrected chi connectivity index (χ4v) is 1.82. The van der Waals surface area contributed by atoms with Gasteiger partial charge in [0.15, 0.2) is 0 Å². The summed E-state index contributed by atoms with van der Waals surface area (Å²) in [6.45, 7) is -0.0394. The lowest BCUT2D eigenvalue weighted by Gasteiger charge is -2.09. The molecule has 0 atom stereocenters. The lowest BCUT2D eigenvalue weighted by Crippen LogP contribution is -2.26. The van der Waals surface area contributed by atoms with E-state index in [0.29, 0.717) is 0 Å². The van der Waals surface area contributed by atoms with Crippen molar-refractivity contribution in [1.29, 1.82) is 0 Å². The highest BCUT2D eigenvalue weighted by Crippen LogP contribution is 2.30. The molecule has 0 saturated carbocycles. The zero-order chi connectivity index (χ0) is 16.7. The number of rotatable bonds is 5. The third kappa shape index (κ3) is 5.14. The number of hydrogen-bond donors (Lipinski definition) is 2. The predicted molar refractivity (Wildman–Crippen MR) is 82.1 cm³/mol. The molecule has 4 nitrogen and oxygen atoms in total. The van der Waals surface area contributed by atoms with Crippen molar-refractivity contribution in [3.05, 3.63) is 65.7 Å².